The molecule has 2 fully saturated rings. The molecule has 0 aromatic heterocycles. The van der Waals surface area contributed by atoms with Crippen molar-refractivity contribution in [3.63, 3.8) is 0 Å². The van der Waals surface area contributed by atoms with Crippen LogP contribution in [0.25, 0.3) is 0 Å². The molecule has 2 saturated heterocycles. The second-order valence-electron chi connectivity index (χ2n) is 4.15. The summed E-state index contributed by atoms with van der Waals surface area (Å²) in [6.45, 7) is 5.12. The number of hydrogen-bond donors (Lipinski definition) is 2. The van der Waals surface area contributed by atoms with Crippen LogP contribution in [0.5, 0.6) is 0 Å². The molecule has 0 bridgehead atoms. The summed E-state index contributed by atoms with van der Waals surface area (Å²) >= 11 is 0. The van der Waals surface area contributed by atoms with Crippen molar-refractivity contribution in [3.05, 3.63) is 0 Å². The molecule has 82 valence electrons. The maximum atomic E-state index is 9.04. The third kappa shape index (κ3) is 2.45. The molecular weight excluding hydrogens is 180 g/mol. The highest BCUT2D eigenvalue weighted by Crippen LogP contribution is 2.15. The van der Waals surface area contributed by atoms with Gasteiger partial charge in [-0.05, 0) is 25.9 Å². The molecule has 1 atom stereocenters. The summed E-state index contributed by atoms with van der Waals surface area (Å²) in [7, 11) is 0. The quantitative estimate of drug-likeness (QED) is 0.627. The van der Waals surface area contributed by atoms with E-state index in [0.717, 1.165) is 32.8 Å². The molecule has 4 heteroatoms. The molecular formula is C10H20N2O2. The number of nitrogens with one attached hydrogen (secondary N) is 1. The van der Waals surface area contributed by atoms with E-state index in [2.05, 4.69) is 10.2 Å². The second kappa shape index (κ2) is 5.07. The monoisotopic (exact) mass is 200 g/mol. The zero-order valence-corrected chi connectivity index (χ0v) is 8.61. The van der Waals surface area contributed by atoms with E-state index in [1.807, 2.05) is 0 Å². The van der Waals surface area contributed by atoms with Crippen molar-refractivity contribution >= 4 is 0 Å². The highest BCUT2D eigenvalue weighted by Gasteiger charge is 2.26. The molecule has 0 aliphatic carbocycles. The normalized spacial score (nSPS) is 31.9. The van der Waals surface area contributed by atoms with Crippen LogP contribution in [-0.4, -0.2) is 61.5 Å². The fraction of sp³-hybridized carbons (Fsp3) is 1.00. The largest absolute Gasteiger partial charge is 0.394 e. The van der Waals surface area contributed by atoms with Gasteiger partial charge < -0.3 is 15.2 Å². The summed E-state index contributed by atoms with van der Waals surface area (Å²) in [5.41, 5.74) is 0. The number of piperidine rings is 1. The molecule has 0 aromatic rings. The first-order valence-electron chi connectivity index (χ1n) is 5.57. The van der Waals surface area contributed by atoms with E-state index in [-0.39, 0.29) is 12.7 Å². The Labute approximate surface area is 85.2 Å². The van der Waals surface area contributed by atoms with Crippen LogP contribution in [0.15, 0.2) is 0 Å². The smallest absolute Gasteiger partial charge is 0.0932 e. The van der Waals surface area contributed by atoms with Gasteiger partial charge in [-0.1, -0.05) is 0 Å². The van der Waals surface area contributed by atoms with Gasteiger partial charge in [-0.15, -0.1) is 0 Å². The molecule has 0 saturated carbocycles. The summed E-state index contributed by atoms with van der Waals surface area (Å²) in [4.78, 5) is 2.48. The van der Waals surface area contributed by atoms with Crippen LogP contribution in [-0.2, 0) is 4.74 Å². The Kier molecular flexibility index (Phi) is 3.75. The molecule has 0 radical (unpaired) electrons. The molecule has 0 amide bonds. The first-order chi connectivity index (χ1) is 6.90. The number of nitrogens with zero attached hydrogens (tertiary/aromatic N) is 1. The molecule has 0 aromatic carbocycles. The van der Waals surface area contributed by atoms with Gasteiger partial charge in [0.15, 0.2) is 0 Å². The SMILES string of the molecule is OCC1CN(C2CCNCC2)CCO1. The zero-order chi connectivity index (χ0) is 9.80. The van der Waals surface area contributed by atoms with Gasteiger partial charge in [0, 0.05) is 19.1 Å². The molecule has 2 heterocycles. The Morgan fingerprint density at radius 2 is 2.14 bits per heavy atom. The first kappa shape index (κ1) is 10.4. The summed E-state index contributed by atoms with van der Waals surface area (Å²) < 4.78 is 5.44. The van der Waals surface area contributed by atoms with Crippen molar-refractivity contribution in [1.29, 1.82) is 0 Å². The van der Waals surface area contributed by atoms with Gasteiger partial charge in [0.1, 0.15) is 0 Å². The van der Waals surface area contributed by atoms with E-state index in [1.165, 1.54) is 12.8 Å². The molecule has 14 heavy (non-hydrogen) atoms. The van der Waals surface area contributed by atoms with Gasteiger partial charge in [0.25, 0.3) is 0 Å². The third-order valence-electron chi connectivity index (χ3n) is 3.20. The number of ether oxygens (including phenoxy) is 1. The van der Waals surface area contributed by atoms with Crippen LogP contribution < -0.4 is 5.32 Å². The van der Waals surface area contributed by atoms with Crippen LogP contribution in [0.1, 0.15) is 12.8 Å². The van der Waals surface area contributed by atoms with Gasteiger partial charge >= 0.3 is 0 Å². The number of hydrogen-bond acceptors (Lipinski definition) is 4. The van der Waals surface area contributed by atoms with E-state index in [0.29, 0.717) is 6.04 Å². The fourth-order valence-electron chi connectivity index (χ4n) is 2.36. The van der Waals surface area contributed by atoms with Crippen molar-refractivity contribution in [2.24, 2.45) is 0 Å². The lowest BCUT2D eigenvalue weighted by Crippen LogP contribution is -2.51. The maximum Gasteiger partial charge on any atom is 0.0932 e. The van der Waals surface area contributed by atoms with E-state index >= 15 is 0 Å². The first-order valence-corrected chi connectivity index (χ1v) is 5.57. The molecule has 2 N–H and O–H groups in total. The topological polar surface area (TPSA) is 44.7 Å². The van der Waals surface area contributed by atoms with Gasteiger partial charge in [-0.2, -0.15) is 0 Å². The van der Waals surface area contributed by atoms with Gasteiger partial charge in [0.05, 0.1) is 19.3 Å². The van der Waals surface area contributed by atoms with E-state index in [9.17, 15) is 0 Å². The Balaban J connectivity index is 1.83. The maximum absolute atomic E-state index is 9.04. The second-order valence-corrected chi connectivity index (χ2v) is 4.15. The van der Waals surface area contributed by atoms with Crippen LogP contribution in [0.2, 0.25) is 0 Å². The van der Waals surface area contributed by atoms with Crippen LogP contribution in [0.3, 0.4) is 0 Å². The van der Waals surface area contributed by atoms with Crippen LogP contribution in [0, 0.1) is 0 Å². The van der Waals surface area contributed by atoms with Crippen molar-refractivity contribution in [2.75, 3.05) is 39.4 Å². The minimum Gasteiger partial charge on any atom is -0.394 e. The summed E-state index contributed by atoms with van der Waals surface area (Å²) in [6.07, 6.45) is 2.51. The van der Waals surface area contributed by atoms with Gasteiger partial charge in [-0.25, -0.2) is 0 Å². The molecule has 1 unspecified atom stereocenters. The number of rotatable bonds is 2. The van der Waals surface area contributed by atoms with E-state index in [1.54, 1.807) is 0 Å². The van der Waals surface area contributed by atoms with E-state index < -0.39 is 0 Å². The van der Waals surface area contributed by atoms with Crippen LogP contribution >= 0.6 is 0 Å². The van der Waals surface area contributed by atoms with E-state index in [4.69, 9.17) is 9.84 Å². The molecule has 2 rings (SSSR count). The highest BCUT2D eigenvalue weighted by molar-refractivity contribution is 4.81. The Morgan fingerprint density at radius 3 is 2.86 bits per heavy atom. The summed E-state index contributed by atoms with van der Waals surface area (Å²) in [5, 5.41) is 12.4. The average molecular weight is 200 g/mol. The number of aliphatic hydroxyl groups excluding tert-OH is 1. The Hall–Kier alpha value is -0.160. The van der Waals surface area contributed by atoms with Crippen molar-refractivity contribution in [2.45, 2.75) is 25.0 Å². The fourth-order valence-corrected chi connectivity index (χ4v) is 2.36. The predicted octanol–water partition coefficient (Wildman–Crippen LogP) is -0.568. The minimum atomic E-state index is 0.0404. The average Bonchev–Trinajstić information content (AvgIpc) is 2.30. The minimum absolute atomic E-state index is 0.0404. The Morgan fingerprint density at radius 1 is 1.36 bits per heavy atom. The van der Waals surface area contributed by atoms with Crippen molar-refractivity contribution < 1.29 is 9.84 Å². The number of morpholine rings is 1. The molecule has 2 aliphatic rings. The number of aliphatic hydroxyl groups is 1. The lowest BCUT2D eigenvalue weighted by Gasteiger charge is -2.39. The van der Waals surface area contributed by atoms with Gasteiger partial charge in [0.2, 0.25) is 0 Å². The zero-order valence-electron chi connectivity index (χ0n) is 8.61. The lowest BCUT2D eigenvalue weighted by molar-refractivity contribution is -0.0677. The van der Waals surface area contributed by atoms with Crippen molar-refractivity contribution in [1.82, 2.24) is 10.2 Å². The molecule has 2 aliphatic heterocycles. The molecule has 0 spiro atoms. The highest BCUT2D eigenvalue weighted by atomic mass is 16.5. The molecule has 4 nitrogen and oxygen atoms in total. The Bertz CT molecular complexity index is 172. The van der Waals surface area contributed by atoms with Crippen molar-refractivity contribution in [3.8, 4) is 0 Å². The standard InChI is InChI=1S/C10H20N2O2/c13-8-10-7-12(5-6-14-10)9-1-3-11-4-2-9/h9-11,13H,1-8H2. The van der Waals surface area contributed by atoms with Crippen LogP contribution in [0.4, 0.5) is 0 Å². The predicted molar refractivity (Wildman–Crippen MR) is 54.3 cm³/mol. The summed E-state index contributed by atoms with van der Waals surface area (Å²) in [6, 6.07) is 0.703. The third-order valence-corrected chi connectivity index (χ3v) is 3.20. The van der Waals surface area contributed by atoms with Gasteiger partial charge in [-0.3, -0.25) is 4.90 Å². The summed E-state index contributed by atoms with van der Waals surface area (Å²) in [5.74, 6) is 0. The lowest BCUT2D eigenvalue weighted by atomic mass is 10.0.